The van der Waals surface area contributed by atoms with Crippen LogP contribution in [0.2, 0.25) is 0 Å². The van der Waals surface area contributed by atoms with E-state index in [2.05, 4.69) is 4.74 Å². The Balaban J connectivity index is 2.97. The SMILES string of the molecule is CCC(=O)OC(F)(C1CCCC1)S(=O)(=O)O. The van der Waals surface area contributed by atoms with E-state index in [4.69, 9.17) is 4.55 Å². The van der Waals surface area contributed by atoms with Gasteiger partial charge in [0.25, 0.3) is 0 Å². The van der Waals surface area contributed by atoms with Crippen LogP contribution >= 0.6 is 0 Å². The number of ether oxygens (including phenoxy) is 1. The molecule has 0 aromatic carbocycles. The molecule has 0 bridgehead atoms. The van der Waals surface area contributed by atoms with Crippen molar-refractivity contribution >= 4 is 16.1 Å². The van der Waals surface area contributed by atoms with Gasteiger partial charge in [-0.05, 0) is 12.8 Å². The monoisotopic (exact) mass is 254 g/mol. The number of alkyl halides is 1. The van der Waals surface area contributed by atoms with Crippen molar-refractivity contribution in [1.29, 1.82) is 0 Å². The summed E-state index contributed by atoms with van der Waals surface area (Å²) in [7, 11) is -5.06. The molecule has 0 aromatic heterocycles. The molecule has 1 fully saturated rings. The molecule has 1 unspecified atom stereocenters. The van der Waals surface area contributed by atoms with Gasteiger partial charge < -0.3 is 4.74 Å². The second-order valence-electron chi connectivity index (χ2n) is 3.87. The summed E-state index contributed by atoms with van der Waals surface area (Å²) in [6.45, 7) is 1.42. The van der Waals surface area contributed by atoms with Crippen LogP contribution in [0.4, 0.5) is 4.39 Å². The summed E-state index contributed by atoms with van der Waals surface area (Å²) < 4.78 is 49.3. The van der Waals surface area contributed by atoms with Crippen molar-refractivity contribution in [2.24, 2.45) is 5.92 Å². The molecule has 0 aliphatic heterocycles. The summed E-state index contributed by atoms with van der Waals surface area (Å²) in [6, 6.07) is 0. The van der Waals surface area contributed by atoms with Gasteiger partial charge in [0.1, 0.15) is 0 Å². The van der Waals surface area contributed by atoms with Gasteiger partial charge in [0.2, 0.25) is 0 Å². The highest BCUT2D eigenvalue weighted by atomic mass is 32.2. The summed E-state index contributed by atoms with van der Waals surface area (Å²) in [6.07, 6.45) is 1.75. The van der Waals surface area contributed by atoms with E-state index in [1.54, 1.807) is 0 Å². The van der Waals surface area contributed by atoms with E-state index in [1.807, 2.05) is 0 Å². The first-order valence-corrected chi connectivity index (χ1v) is 6.63. The van der Waals surface area contributed by atoms with Crippen LogP contribution in [0.5, 0.6) is 0 Å². The van der Waals surface area contributed by atoms with Crippen LogP contribution in [0.25, 0.3) is 0 Å². The average Bonchev–Trinajstić information content (AvgIpc) is 2.68. The number of carbonyl (C=O) groups is 1. The lowest BCUT2D eigenvalue weighted by Gasteiger charge is -2.27. The van der Waals surface area contributed by atoms with E-state index in [0.717, 1.165) is 0 Å². The number of rotatable bonds is 4. The molecule has 1 N–H and O–H groups in total. The van der Waals surface area contributed by atoms with Crippen molar-refractivity contribution in [2.75, 3.05) is 0 Å². The minimum atomic E-state index is -5.06. The molecule has 0 saturated heterocycles. The maximum absolute atomic E-state index is 14.2. The second kappa shape index (κ2) is 4.67. The fourth-order valence-electron chi connectivity index (χ4n) is 1.84. The van der Waals surface area contributed by atoms with Gasteiger partial charge in [-0.15, -0.1) is 0 Å². The van der Waals surface area contributed by atoms with E-state index < -0.39 is 27.2 Å². The molecule has 94 valence electrons. The van der Waals surface area contributed by atoms with E-state index in [9.17, 15) is 17.6 Å². The Labute approximate surface area is 93.7 Å². The third-order valence-electron chi connectivity index (χ3n) is 2.74. The normalized spacial score (nSPS) is 21.7. The minimum Gasteiger partial charge on any atom is -0.412 e. The highest BCUT2D eigenvalue weighted by Crippen LogP contribution is 2.40. The fraction of sp³-hybridized carbons (Fsp3) is 0.889. The maximum atomic E-state index is 14.2. The van der Waals surface area contributed by atoms with Crippen LogP contribution in [-0.2, 0) is 19.6 Å². The predicted octanol–water partition coefficient (Wildman–Crippen LogP) is 1.64. The maximum Gasteiger partial charge on any atom is 0.379 e. The van der Waals surface area contributed by atoms with E-state index in [-0.39, 0.29) is 19.3 Å². The van der Waals surface area contributed by atoms with Crippen molar-refractivity contribution in [3.63, 3.8) is 0 Å². The highest BCUT2D eigenvalue weighted by Gasteiger charge is 2.55. The Bertz CT molecular complexity index is 360. The van der Waals surface area contributed by atoms with Gasteiger partial charge in [0, 0.05) is 12.3 Å². The lowest BCUT2D eigenvalue weighted by atomic mass is 10.1. The van der Waals surface area contributed by atoms with Crippen LogP contribution < -0.4 is 0 Å². The third kappa shape index (κ3) is 2.52. The molecule has 1 saturated carbocycles. The van der Waals surface area contributed by atoms with Gasteiger partial charge in [-0.1, -0.05) is 19.8 Å². The number of esters is 1. The topological polar surface area (TPSA) is 80.7 Å². The Kier molecular flexibility index (Phi) is 3.90. The lowest BCUT2D eigenvalue weighted by molar-refractivity contribution is -0.173. The number of hydrogen-bond donors (Lipinski definition) is 1. The van der Waals surface area contributed by atoms with Crippen LogP contribution in [-0.4, -0.2) is 24.1 Å². The fourth-order valence-corrected chi connectivity index (χ4v) is 2.70. The summed E-state index contributed by atoms with van der Waals surface area (Å²) in [4.78, 5) is 11.0. The van der Waals surface area contributed by atoms with E-state index >= 15 is 0 Å². The lowest BCUT2D eigenvalue weighted by Crippen LogP contribution is -2.44. The Morgan fingerprint density at radius 1 is 1.50 bits per heavy atom. The molecule has 0 amide bonds. The van der Waals surface area contributed by atoms with Gasteiger partial charge >= 0.3 is 21.3 Å². The molecule has 7 heteroatoms. The van der Waals surface area contributed by atoms with Crippen molar-refractivity contribution in [3.05, 3.63) is 0 Å². The molecule has 1 aliphatic rings. The molecule has 0 heterocycles. The Hall–Kier alpha value is -0.690. The predicted molar refractivity (Wildman–Crippen MR) is 53.7 cm³/mol. The summed E-state index contributed by atoms with van der Waals surface area (Å²) >= 11 is 0. The smallest absolute Gasteiger partial charge is 0.379 e. The first kappa shape index (κ1) is 13.4. The zero-order valence-electron chi connectivity index (χ0n) is 8.98. The molecule has 16 heavy (non-hydrogen) atoms. The number of halogens is 1. The molecule has 1 rings (SSSR count). The summed E-state index contributed by atoms with van der Waals surface area (Å²) in [5, 5.41) is -3.28. The van der Waals surface area contributed by atoms with Gasteiger partial charge in [-0.3, -0.25) is 9.35 Å². The van der Waals surface area contributed by atoms with Crippen LogP contribution in [0, 0.1) is 5.92 Å². The highest BCUT2D eigenvalue weighted by molar-refractivity contribution is 7.86. The van der Waals surface area contributed by atoms with E-state index in [1.165, 1.54) is 6.92 Å². The first-order chi connectivity index (χ1) is 7.31. The number of hydrogen-bond acceptors (Lipinski definition) is 4. The molecule has 0 spiro atoms. The zero-order chi connectivity index (χ0) is 12.4. The molecule has 0 radical (unpaired) electrons. The summed E-state index contributed by atoms with van der Waals surface area (Å²) in [5.41, 5.74) is 0. The zero-order valence-corrected chi connectivity index (χ0v) is 9.80. The van der Waals surface area contributed by atoms with Gasteiger partial charge in [-0.2, -0.15) is 12.8 Å². The van der Waals surface area contributed by atoms with Crippen LogP contribution in [0.3, 0.4) is 0 Å². The van der Waals surface area contributed by atoms with Crippen molar-refractivity contribution < 1.29 is 26.9 Å². The van der Waals surface area contributed by atoms with E-state index in [0.29, 0.717) is 12.8 Å². The van der Waals surface area contributed by atoms with Gasteiger partial charge in [0.05, 0.1) is 0 Å². The third-order valence-corrected chi connectivity index (χ3v) is 3.86. The summed E-state index contributed by atoms with van der Waals surface area (Å²) in [5.74, 6) is -1.95. The molecule has 1 aliphatic carbocycles. The minimum absolute atomic E-state index is 0.145. The molecular weight excluding hydrogens is 239 g/mol. The van der Waals surface area contributed by atoms with Gasteiger partial charge in [-0.25, -0.2) is 0 Å². The first-order valence-electron chi connectivity index (χ1n) is 5.19. The van der Waals surface area contributed by atoms with Crippen LogP contribution in [0.15, 0.2) is 0 Å². The molecular formula is C9H15FO5S. The number of carbonyl (C=O) groups excluding carboxylic acids is 1. The quantitative estimate of drug-likeness (QED) is 0.609. The molecule has 5 nitrogen and oxygen atoms in total. The van der Waals surface area contributed by atoms with Crippen molar-refractivity contribution in [1.82, 2.24) is 0 Å². The second-order valence-corrected chi connectivity index (χ2v) is 5.37. The largest absolute Gasteiger partial charge is 0.412 e. The van der Waals surface area contributed by atoms with Crippen molar-refractivity contribution in [3.8, 4) is 0 Å². The average molecular weight is 254 g/mol. The van der Waals surface area contributed by atoms with Crippen molar-refractivity contribution in [2.45, 2.75) is 44.2 Å². The van der Waals surface area contributed by atoms with Gasteiger partial charge in [0.15, 0.2) is 0 Å². The Morgan fingerprint density at radius 2 is 2.00 bits per heavy atom. The standard InChI is InChI=1S/C9H15FO5S/c1-2-8(11)15-9(10,16(12,13)14)7-5-3-4-6-7/h7H,2-6H2,1H3,(H,12,13,14). The van der Waals surface area contributed by atoms with Crippen LogP contribution in [0.1, 0.15) is 39.0 Å². The molecule has 1 atom stereocenters. The molecule has 0 aromatic rings. The Morgan fingerprint density at radius 3 is 2.38 bits per heavy atom.